The number of ether oxygens (including phenoxy) is 1. The molecule has 0 spiro atoms. The average molecular weight is 374 g/mol. The summed E-state index contributed by atoms with van der Waals surface area (Å²) in [5.41, 5.74) is 4.62. The largest absolute Gasteiger partial charge is 0.496 e. The molecule has 0 saturated carbocycles. The van der Waals surface area contributed by atoms with Crippen molar-refractivity contribution < 1.29 is 4.74 Å². The first-order valence-corrected chi connectivity index (χ1v) is 8.66. The number of methoxy groups -OCH3 is 1. The standard InChI is InChI=1S/C16H18BrClOS/c1-5-11-6-7-20-16(11)14(18)13-10(3)12(17)8-9(2)15(13)19-4/h6-8,14H,5H2,1-4H3. The molecule has 1 aromatic carbocycles. The minimum Gasteiger partial charge on any atom is -0.496 e. The first-order valence-electron chi connectivity index (χ1n) is 6.55. The lowest BCUT2D eigenvalue weighted by atomic mass is 9.98. The molecule has 0 aliphatic heterocycles. The van der Waals surface area contributed by atoms with Crippen LogP contribution in [0.3, 0.4) is 0 Å². The number of hydrogen-bond donors (Lipinski definition) is 0. The molecule has 4 heteroatoms. The van der Waals surface area contributed by atoms with Crippen LogP contribution in [0.25, 0.3) is 0 Å². The second-order valence-corrected chi connectivity index (χ2v) is 7.01. The Morgan fingerprint density at radius 1 is 1.40 bits per heavy atom. The maximum atomic E-state index is 6.80. The molecule has 2 aromatic rings. The van der Waals surface area contributed by atoms with E-state index in [-0.39, 0.29) is 5.38 Å². The second kappa shape index (κ2) is 6.50. The Bertz CT molecular complexity index is 621. The molecule has 20 heavy (non-hydrogen) atoms. The maximum Gasteiger partial charge on any atom is 0.127 e. The zero-order chi connectivity index (χ0) is 14.9. The molecule has 1 aromatic heterocycles. The molecule has 0 saturated heterocycles. The van der Waals surface area contributed by atoms with Crippen molar-refractivity contribution in [1.82, 2.24) is 0 Å². The summed E-state index contributed by atoms with van der Waals surface area (Å²) in [5.74, 6) is 0.890. The maximum absolute atomic E-state index is 6.80. The topological polar surface area (TPSA) is 9.23 Å². The molecule has 0 fully saturated rings. The van der Waals surface area contributed by atoms with Gasteiger partial charge in [-0.3, -0.25) is 0 Å². The van der Waals surface area contributed by atoms with Crippen LogP contribution >= 0.6 is 38.9 Å². The van der Waals surface area contributed by atoms with E-state index in [4.69, 9.17) is 16.3 Å². The molecule has 0 aliphatic carbocycles. The van der Waals surface area contributed by atoms with Gasteiger partial charge in [0, 0.05) is 14.9 Å². The van der Waals surface area contributed by atoms with Crippen molar-refractivity contribution in [3.8, 4) is 5.75 Å². The van der Waals surface area contributed by atoms with Gasteiger partial charge in [-0.15, -0.1) is 22.9 Å². The molecular formula is C16H18BrClOS. The van der Waals surface area contributed by atoms with Crippen molar-refractivity contribution in [2.75, 3.05) is 7.11 Å². The van der Waals surface area contributed by atoms with Crippen molar-refractivity contribution >= 4 is 38.9 Å². The molecule has 0 radical (unpaired) electrons. The lowest BCUT2D eigenvalue weighted by molar-refractivity contribution is 0.406. The molecule has 1 nitrogen and oxygen atoms in total. The number of alkyl halides is 1. The molecule has 0 N–H and O–H groups in total. The number of halogens is 2. The summed E-state index contributed by atoms with van der Waals surface area (Å²) >= 11 is 12.1. The van der Waals surface area contributed by atoms with Gasteiger partial charge in [0.25, 0.3) is 0 Å². The van der Waals surface area contributed by atoms with Crippen molar-refractivity contribution in [2.45, 2.75) is 32.6 Å². The monoisotopic (exact) mass is 372 g/mol. The van der Waals surface area contributed by atoms with Gasteiger partial charge in [-0.05, 0) is 54.5 Å². The normalized spacial score (nSPS) is 12.5. The Morgan fingerprint density at radius 2 is 2.10 bits per heavy atom. The third-order valence-corrected chi connectivity index (χ3v) is 5.97. The summed E-state index contributed by atoms with van der Waals surface area (Å²) in [6.07, 6.45) is 0.996. The summed E-state index contributed by atoms with van der Waals surface area (Å²) < 4.78 is 6.68. The van der Waals surface area contributed by atoms with Gasteiger partial charge in [-0.2, -0.15) is 0 Å². The van der Waals surface area contributed by atoms with E-state index in [0.717, 1.165) is 33.3 Å². The van der Waals surface area contributed by atoms with E-state index in [1.807, 2.05) is 6.92 Å². The smallest absolute Gasteiger partial charge is 0.127 e. The summed E-state index contributed by atoms with van der Waals surface area (Å²) in [4.78, 5) is 1.22. The minimum absolute atomic E-state index is 0.170. The van der Waals surface area contributed by atoms with E-state index in [2.05, 4.69) is 47.3 Å². The van der Waals surface area contributed by atoms with E-state index in [1.54, 1.807) is 18.4 Å². The average Bonchev–Trinajstić information content (AvgIpc) is 2.90. The molecule has 0 amide bonds. The molecule has 1 heterocycles. The van der Waals surface area contributed by atoms with E-state index >= 15 is 0 Å². The Labute approximate surface area is 138 Å². The number of aryl methyl sites for hydroxylation is 2. The van der Waals surface area contributed by atoms with Gasteiger partial charge in [0.15, 0.2) is 0 Å². The van der Waals surface area contributed by atoms with Crippen LogP contribution in [0.2, 0.25) is 0 Å². The lowest BCUT2D eigenvalue weighted by Gasteiger charge is -2.20. The van der Waals surface area contributed by atoms with E-state index in [0.29, 0.717) is 0 Å². The highest BCUT2D eigenvalue weighted by atomic mass is 79.9. The summed E-state index contributed by atoms with van der Waals surface area (Å²) in [6, 6.07) is 4.23. The molecule has 1 atom stereocenters. The van der Waals surface area contributed by atoms with Gasteiger partial charge in [-0.1, -0.05) is 22.9 Å². The quantitative estimate of drug-likeness (QED) is 0.595. The fraction of sp³-hybridized carbons (Fsp3) is 0.375. The molecule has 2 rings (SSSR count). The van der Waals surface area contributed by atoms with Crippen molar-refractivity contribution in [3.05, 3.63) is 49.1 Å². The molecule has 0 aliphatic rings. The Kier molecular flexibility index (Phi) is 5.16. The summed E-state index contributed by atoms with van der Waals surface area (Å²) in [5, 5.41) is 1.94. The van der Waals surface area contributed by atoms with Crippen LogP contribution < -0.4 is 4.74 Å². The van der Waals surface area contributed by atoms with Crippen molar-refractivity contribution in [2.24, 2.45) is 0 Å². The van der Waals surface area contributed by atoms with Gasteiger partial charge >= 0.3 is 0 Å². The Balaban J connectivity index is 2.62. The zero-order valence-electron chi connectivity index (χ0n) is 12.1. The number of rotatable bonds is 4. The van der Waals surface area contributed by atoms with Gasteiger partial charge < -0.3 is 4.74 Å². The Morgan fingerprint density at radius 3 is 2.70 bits per heavy atom. The fourth-order valence-corrected chi connectivity index (χ4v) is 4.54. The predicted octanol–water partition coefficient (Wildman–Crippen LogP) is 6.03. The SMILES string of the molecule is CCc1ccsc1C(Cl)c1c(C)c(Br)cc(C)c1OC. The van der Waals surface area contributed by atoms with Crippen LogP contribution in [0, 0.1) is 13.8 Å². The number of benzene rings is 1. The molecule has 108 valence electrons. The first-order chi connectivity index (χ1) is 9.51. The van der Waals surface area contributed by atoms with Gasteiger partial charge in [0.1, 0.15) is 5.75 Å². The highest BCUT2D eigenvalue weighted by Gasteiger charge is 2.24. The van der Waals surface area contributed by atoms with Crippen LogP contribution in [0.1, 0.15) is 39.4 Å². The zero-order valence-corrected chi connectivity index (χ0v) is 15.2. The lowest BCUT2D eigenvalue weighted by Crippen LogP contribution is -2.03. The van der Waals surface area contributed by atoms with Crippen LogP contribution in [-0.2, 0) is 6.42 Å². The first kappa shape index (κ1) is 15.9. The third-order valence-electron chi connectivity index (χ3n) is 3.56. The molecule has 1 unspecified atom stereocenters. The molecular weight excluding hydrogens is 356 g/mol. The van der Waals surface area contributed by atoms with Gasteiger partial charge in [-0.25, -0.2) is 0 Å². The van der Waals surface area contributed by atoms with Gasteiger partial charge in [0.05, 0.1) is 12.5 Å². The van der Waals surface area contributed by atoms with E-state index in [9.17, 15) is 0 Å². The summed E-state index contributed by atoms with van der Waals surface area (Å²) in [7, 11) is 1.71. The van der Waals surface area contributed by atoms with Crippen molar-refractivity contribution in [1.29, 1.82) is 0 Å². The van der Waals surface area contributed by atoms with Crippen molar-refractivity contribution in [3.63, 3.8) is 0 Å². The minimum atomic E-state index is -0.170. The number of thiophene rings is 1. The third kappa shape index (κ3) is 2.76. The fourth-order valence-electron chi connectivity index (χ4n) is 2.44. The van der Waals surface area contributed by atoms with Crippen LogP contribution in [0.5, 0.6) is 5.75 Å². The summed E-state index contributed by atoms with van der Waals surface area (Å²) in [6.45, 7) is 6.28. The number of hydrogen-bond acceptors (Lipinski definition) is 2. The van der Waals surface area contributed by atoms with Crippen LogP contribution in [-0.4, -0.2) is 7.11 Å². The van der Waals surface area contributed by atoms with E-state index < -0.39 is 0 Å². The van der Waals surface area contributed by atoms with Crippen LogP contribution in [0.4, 0.5) is 0 Å². The Hall–Kier alpha value is -0.510. The van der Waals surface area contributed by atoms with Gasteiger partial charge in [0.2, 0.25) is 0 Å². The highest BCUT2D eigenvalue weighted by molar-refractivity contribution is 9.10. The highest BCUT2D eigenvalue weighted by Crippen LogP contribution is 2.44. The van der Waals surface area contributed by atoms with E-state index in [1.165, 1.54) is 10.4 Å². The van der Waals surface area contributed by atoms with Crippen LogP contribution in [0.15, 0.2) is 22.0 Å². The predicted molar refractivity (Wildman–Crippen MR) is 91.6 cm³/mol. The second-order valence-electron chi connectivity index (χ2n) is 4.77. The molecule has 0 bridgehead atoms.